The Labute approximate surface area is 164 Å². The Kier molecular flexibility index (Phi) is 5.01. The van der Waals surface area contributed by atoms with E-state index in [9.17, 15) is 4.79 Å². The van der Waals surface area contributed by atoms with Gasteiger partial charge in [-0.05, 0) is 61.2 Å². The zero-order valence-electron chi connectivity index (χ0n) is 16.2. The van der Waals surface area contributed by atoms with E-state index in [-0.39, 0.29) is 11.5 Å². The number of carbonyl (C=O) groups is 1. The quantitative estimate of drug-likeness (QED) is 0.725. The molecule has 28 heavy (non-hydrogen) atoms. The molecule has 0 spiro atoms. The third-order valence-electron chi connectivity index (χ3n) is 5.33. The number of ether oxygens (including phenoxy) is 2. The predicted molar refractivity (Wildman–Crippen MR) is 110 cm³/mol. The van der Waals surface area contributed by atoms with Crippen LogP contribution >= 0.6 is 0 Å². The Morgan fingerprint density at radius 3 is 2.75 bits per heavy atom. The van der Waals surface area contributed by atoms with Crippen molar-refractivity contribution in [2.24, 2.45) is 0 Å². The van der Waals surface area contributed by atoms with Crippen LogP contribution in [0.15, 0.2) is 54.7 Å². The Hall–Kier alpha value is -2.92. The number of carbonyl (C=O) groups excluding carboxylic acids is 1. The van der Waals surface area contributed by atoms with Crippen LogP contribution in [0.5, 0.6) is 5.75 Å². The Morgan fingerprint density at radius 2 is 2.04 bits per heavy atom. The standard InChI is InChI=1S/C23H24N2O3/c1-23(12-4-14-28-23)15-25-22(26)17-8-6-16(7-9-17)18-10-11-20(27-2)21-19(18)5-3-13-24-21/h3,5-11,13H,4,12,14-15H2,1-2H3,(H,25,26)/t23-/m0/s1. The molecule has 0 unspecified atom stereocenters. The Balaban J connectivity index is 1.55. The molecule has 0 bridgehead atoms. The van der Waals surface area contributed by atoms with Crippen LogP contribution < -0.4 is 10.1 Å². The van der Waals surface area contributed by atoms with Crippen molar-refractivity contribution >= 4 is 16.8 Å². The van der Waals surface area contributed by atoms with Crippen LogP contribution in [0.1, 0.15) is 30.1 Å². The molecule has 1 aliphatic rings. The molecule has 1 saturated heterocycles. The van der Waals surface area contributed by atoms with E-state index in [0.717, 1.165) is 47.2 Å². The summed E-state index contributed by atoms with van der Waals surface area (Å²) in [4.78, 5) is 16.9. The molecule has 0 saturated carbocycles. The largest absolute Gasteiger partial charge is 0.494 e. The van der Waals surface area contributed by atoms with Crippen molar-refractivity contribution in [1.29, 1.82) is 0 Å². The monoisotopic (exact) mass is 376 g/mol. The second-order valence-corrected chi connectivity index (χ2v) is 7.38. The first-order valence-corrected chi connectivity index (χ1v) is 9.54. The number of amides is 1. The lowest BCUT2D eigenvalue weighted by molar-refractivity contribution is 0.0206. The maximum absolute atomic E-state index is 12.5. The highest BCUT2D eigenvalue weighted by Crippen LogP contribution is 2.33. The van der Waals surface area contributed by atoms with E-state index >= 15 is 0 Å². The molecule has 5 heteroatoms. The van der Waals surface area contributed by atoms with Gasteiger partial charge in [-0.15, -0.1) is 0 Å². The van der Waals surface area contributed by atoms with Gasteiger partial charge in [0, 0.05) is 30.3 Å². The second-order valence-electron chi connectivity index (χ2n) is 7.38. The van der Waals surface area contributed by atoms with Gasteiger partial charge in [-0.2, -0.15) is 0 Å². The van der Waals surface area contributed by atoms with E-state index < -0.39 is 0 Å². The smallest absolute Gasteiger partial charge is 0.251 e. The molecule has 1 aliphatic heterocycles. The number of pyridine rings is 1. The van der Waals surface area contributed by atoms with E-state index in [1.54, 1.807) is 13.3 Å². The van der Waals surface area contributed by atoms with Gasteiger partial charge in [0.25, 0.3) is 5.91 Å². The van der Waals surface area contributed by atoms with E-state index in [1.165, 1.54) is 0 Å². The summed E-state index contributed by atoms with van der Waals surface area (Å²) in [6.45, 7) is 3.35. The van der Waals surface area contributed by atoms with Crippen LogP contribution in [0.2, 0.25) is 0 Å². The number of methoxy groups -OCH3 is 1. The van der Waals surface area contributed by atoms with Gasteiger partial charge in [-0.25, -0.2) is 0 Å². The van der Waals surface area contributed by atoms with Crippen molar-refractivity contribution in [2.45, 2.75) is 25.4 Å². The third-order valence-corrected chi connectivity index (χ3v) is 5.33. The zero-order valence-corrected chi connectivity index (χ0v) is 16.2. The SMILES string of the molecule is COc1ccc(-c2ccc(C(=O)NC[C@]3(C)CCCO3)cc2)c2cccnc12. The van der Waals surface area contributed by atoms with E-state index in [2.05, 4.69) is 10.3 Å². The first-order valence-electron chi connectivity index (χ1n) is 9.54. The fraction of sp³-hybridized carbons (Fsp3) is 0.304. The first kappa shape index (κ1) is 18.4. The van der Waals surface area contributed by atoms with Crippen LogP contribution in [0.25, 0.3) is 22.0 Å². The highest BCUT2D eigenvalue weighted by Gasteiger charge is 2.30. The van der Waals surface area contributed by atoms with Crippen LogP contribution in [-0.4, -0.2) is 36.8 Å². The lowest BCUT2D eigenvalue weighted by Crippen LogP contribution is -2.40. The minimum Gasteiger partial charge on any atom is -0.494 e. The summed E-state index contributed by atoms with van der Waals surface area (Å²) in [5.41, 5.74) is 3.31. The number of benzene rings is 2. The molecule has 1 aromatic heterocycles. The van der Waals surface area contributed by atoms with Crippen LogP contribution in [0.4, 0.5) is 0 Å². The van der Waals surface area contributed by atoms with Crippen LogP contribution in [0.3, 0.4) is 0 Å². The summed E-state index contributed by atoms with van der Waals surface area (Å²) in [5.74, 6) is 0.669. The van der Waals surface area contributed by atoms with Crippen LogP contribution in [-0.2, 0) is 4.74 Å². The van der Waals surface area contributed by atoms with E-state index in [1.807, 2.05) is 55.5 Å². The van der Waals surface area contributed by atoms with Gasteiger partial charge in [-0.1, -0.05) is 18.2 Å². The molecule has 4 rings (SSSR count). The van der Waals surface area contributed by atoms with Crippen molar-refractivity contribution < 1.29 is 14.3 Å². The summed E-state index contributed by atoms with van der Waals surface area (Å²) in [6, 6.07) is 15.5. The van der Waals surface area contributed by atoms with Crippen molar-refractivity contribution in [3.63, 3.8) is 0 Å². The topological polar surface area (TPSA) is 60.5 Å². The lowest BCUT2D eigenvalue weighted by Gasteiger charge is -2.23. The summed E-state index contributed by atoms with van der Waals surface area (Å²) >= 11 is 0. The van der Waals surface area contributed by atoms with Gasteiger partial charge < -0.3 is 14.8 Å². The van der Waals surface area contributed by atoms with Gasteiger partial charge in [-0.3, -0.25) is 9.78 Å². The molecule has 1 N–H and O–H groups in total. The molecule has 0 radical (unpaired) electrons. The molecule has 3 aromatic rings. The number of nitrogens with one attached hydrogen (secondary N) is 1. The number of hydrogen-bond acceptors (Lipinski definition) is 4. The number of rotatable bonds is 5. The first-order chi connectivity index (χ1) is 13.6. The normalized spacial score (nSPS) is 18.9. The van der Waals surface area contributed by atoms with Crippen molar-refractivity contribution in [3.05, 3.63) is 60.3 Å². The molecular weight excluding hydrogens is 352 g/mol. The Morgan fingerprint density at radius 1 is 1.21 bits per heavy atom. The fourth-order valence-electron chi connectivity index (χ4n) is 3.71. The molecule has 1 fully saturated rings. The molecule has 144 valence electrons. The average Bonchev–Trinajstić information content (AvgIpc) is 3.18. The van der Waals surface area contributed by atoms with Gasteiger partial charge >= 0.3 is 0 Å². The van der Waals surface area contributed by atoms with Gasteiger partial charge in [0.15, 0.2) is 0 Å². The summed E-state index contributed by atoms with van der Waals surface area (Å²) in [5, 5.41) is 4.01. The average molecular weight is 376 g/mol. The summed E-state index contributed by atoms with van der Waals surface area (Å²) in [7, 11) is 1.65. The molecule has 0 aliphatic carbocycles. The lowest BCUT2D eigenvalue weighted by atomic mass is 9.98. The number of aromatic nitrogens is 1. The second kappa shape index (κ2) is 7.60. The van der Waals surface area contributed by atoms with Crippen LogP contribution in [0, 0.1) is 0 Å². The molecule has 2 heterocycles. The number of nitrogens with zero attached hydrogens (tertiary/aromatic N) is 1. The minimum absolute atomic E-state index is 0.0791. The van der Waals surface area contributed by atoms with Gasteiger partial charge in [0.05, 0.1) is 12.7 Å². The summed E-state index contributed by atoms with van der Waals surface area (Å²) in [6.07, 6.45) is 3.78. The highest BCUT2D eigenvalue weighted by molar-refractivity contribution is 5.99. The van der Waals surface area contributed by atoms with Crippen molar-refractivity contribution in [3.8, 4) is 16.9 Å². The molecule has 2 aromatic carbocycles. The maximum Gasteiger partial charge on any atom is 0.251 e. The third kappa shape index (κ3) is 3.58. The van der Waals surface area contributed by atoms with Crippen molar-refractivity contribution in [2.75, 3.05) is 20.3 Å². The van der Waals surface area contributed by atoms with E-state index in [0.29, 0.717) is 12.1 Å². The van der Waals surface area contributed by atoms with Gasteiger partial charge in [0.1, 0.15) is 11.3 Å². The highest BCUT2D eigenvalue weighted by atomic mass is 16.5. The molecule has 1 amide bonds. The van der Waals surface area contributed by atoms with Crippen molar-refractivity contribution in [1.82, 2.24) is 10.3 Å². The Bertz CT molecular complexity index is 992. The minimum atomic E-state index is -0.245. The molecule has 1 atom stereocenters. The zero-order chi connectivity index (χ0) is 19.6. The van der Waals surface area contributed by atoms with E-state index in [4.69, 9.17) is 9.47 Å². The predicted octanol–water partition coefficient (Wildman–Crippen LogP) is 4.21. The molecular formula is C23H24N2O3. The fourth-order valence-corrected chi connectivity index (χ4v) is 3.71. The maximum atomic E-state index is 12.5. The number of hydrogen-bond donors (Lipinski definition) is 1. The molecule has 5 nitrogen and oxygen atoms in total. The number of fused-ring (bicyclic) bond motifs is 1. The summed E-state index contributed by atoms with van der Waals surface area (Å²) < 4.78 is 11.2. The van der Waals surface area contributed by atoms with Gasteiger partial charge in [0.2, 0.25) is 0 Å².